The van der Waals surface area contributed by atoms with Crippen LogP contribution >= 0.6 is 0 Å². The molecule has 1 N–H and O–H groups in total. The number of amides is 1. The molecule has 5 nitrogen and oxygen atoms in total. The monoisotopic (exact) mass is 263 g/mol. The molecule has 2 rings (SSSR count). The van der Waals surface area contributed by atoms with Crippen LogP contribution in [0.4, 0.5) is 4.39 Å². The van der Waals surface area contributed by atoms with Gasteiger partial charge in [0.2, 0.25) is 5.91 Å². The van der Waals surface area contributed by atoms with Crippen molar-refractivity contribution < 1.29 is 13.7 Å². The number of nitrogens with zero attached hydrogens (tertiary/aromatic N) is 2. The highest BCUT2D eigenvalue weighted by Crippen LogP contribution is 2.17. The summed E-state index contributed by atoms with van der Waals surface area (Å²) in [5, 5.41) is 6.44. The van der Waals surface area contributed by atoms with E-state index in [1.165, 1.54) is 12.1 Å². The van der Waals surface area contributed by atoms with Gasteiger partial charge in [-0.25, -0.2) is 4.39 Å². The Kier molecular flexibility index (Phi) is 3.89. The Morgan fingerprint density at radius 2 is 2.05 bits per heavy atom. The highest BCUT2D eigenvalue weighted by Gasteiger charge is 2.11. The van der Waals surface area contributed by atoms with Crippen LogP contribution in [0.2, 0.25) is 0 Å². The number of nitrogens with one attached hydrogen (secondary N) is 1. The molecule has 0 atom stereocenters. The molecule has 0 aliphatic heterocycles. The predicted molar refractivity (Wildman–Crippen MR) is 66.4 cm³/mol. The van der Waals surface area contributed by atoms with Crippen molar-refractivity contribution in [2.75, 3.05) is 0 Å². The number of rotatable bonds is 4. The first-order valence-electron chi connectivity index (χ1n) is 5.92. The standard InChI is InChI=1S/C13H14FN3O2/c1-8(2)12(18)15-7-11-16-13(19-17-11)9-3-5-10(14)6-4-9/h3-6,8H,7H2,1-2H3,(H,15,18). The second kappa shape index (κ2) is 5.60. The molecule has 0 spiro atoms. The first-order valence-corrected chi connectivity index (χ1v) is 5.92. The Morgan fingerprint density at radius 3 is 2.68 bits per heavy atom. The van der Waals surface area contributed by atoms with Gasteiger partial charge in [-0.3, -0.25) is 4.79 Å². The topological polar surface area (TPSA) is 68.0 Å². The molecule has 0 bridgehead atoms. The van der Waals surface area contributed by atoms with Crippen molar-refractivity contribution in [1.29, 1.82) is 0 Å². The Morgan fingerprint density at radius 1 is 1.37 bits per heavy atom. The molecule has 6 heteroatoms. The maximum atomic E-state index is 12.8. The zero-order valence-electron chi connectivity index (χ0n) is 10.7. The summed E-state index contributed by atoms with van der Waals surface area (Å²) in [7, 11) is 0. The van der Waals surface area contributed by atoms with Crippen LogP contribution in [0.5, 0.6) is 0 Å². The maximum absolute atomic E-state index is 12.8. The minimum absolute atomic E-state index is 0.0758. The third-order valence-electron chi connectivity index (χ3n) is 2.50. The minimum atomic E-state index is -0.326. The molecule has 100 valence electrons. The van der Waals surface area contributed by atoms with E-state index in [0.717, 1.165) is 0 Å². The number of hydrogen-bond donors (Lipinski definition) is 1. The van der Waals surface area contributed by atoms with Gasteiger partial charge in [-0.2, -0.15) is 4.98 Å². The molecule has 0 fully saturated rings. The van der Waals surface area contributed by atoms with Gasteiger partial charge in [0.25, 0.3) is 5.89 Å². The molecule has 19 heavy (non-hydrogen) atoms. The van der Waals surface area contributed by atoms with Gasteiger partial charge in [-0.05, 0) is 24.3 Å². The van der Waals surface area contributed by atoms with Gasteiger partial charge >= 0.3 is 0 Å². The van der Waals surface area contributed by atoms with Crippen LogP contribution in [0, 0.1) is 11.7 Å². The highest BCUT2D eigenvalue weighted by molar-refractivity contribution is 5.77. The van der Waals surface area contributed by atoms with Gasteiger partial charge in [0.15, 0.2) is 5.82 Å². The Bertz CT molecular complexity index is 564. The summed E-state index contributed by atoms with van der Waals surface area (Å²) >= 11 is 0. The summed E-state index contributed by atoms with van der Waals surface area (Å²) in [6.07, 6.45) is 0. The molecule has 0 saturated carbocycles. The van der Waals surface area contributed by atoms with Crippen LogP contribution in [0.15, 0.2) is 28.8 Å². The summed E-state index contributed by atoms with van der Waals surface area (Å²) in [6.45, 7) is 3.81. The molecule has 1 aromatic carbocycles. The fraction of sp³-hybridized carbons (Fsp3) is 0.308. The van der Waals surface area contributed by atoms with E-state index in [1.54, 1.807) is 26.0 Å². The molecule has 1 amide bonds. The Labute approximate surface area is 109 Å². The number of hydrogen-bond acceptors (Lipinski definition) is 4. The average molecular weight is 263 g/mol. The molecule has 2 aromatic rings. The van der Waals surface area contributed by atoms with E-state index in [1.807, 2.05) is 0 Å². The lowest BCUT2D eigenvalue weighted by atomic mass is 10.2. The molecular formula is C13H14FN3O2. The molecule has 0 unspecified atom stereocenters. The van der Waals surface area contributed by atoms with Crippen LogP contribution in [0.3, 0.4) is 0 Å². The highest BCUT2D eigenvalue weighted by atomic mass is 19.1. The zero-order chi connectivity index (χ0) is 13.8. The Hall–Kier alpha value is -2.24. The number of carbonyl (C=O) groups excluding carboxylic acids is 1. The predicted octanol–water partition coefficient (Wildman–Crippen LogP) is 2.15. The van der Waals surface area contributed by atoms with Gasteiger partial charge < -0.3 is 9.84 Å². The molecule has 1 heterocycles. The van der Waals surface area contributed by atoms with E-state index in [9.17, 15) is 9.18 Å². The maximum Gasteiger partial charge on any atom is 0.257 e. The third-order valence-corrected chi connectivity index (χ3v) is 2.50. The van der Waals surface area contributed by atoms with Gasteiger partial charge in [-0.1, -0.05) is 19.0 Å². The van der Waals surface area contributed by atoms with Crippen molar-refractivity contribution >= 4 is 5.91 Å². The van der Waals surface area contributed by atoms with Crippen molar-refractivity contribution in [2.24, 2.45) is 5.92 Å². The molecule has 1 aromatic heterocycles. The third kappa shape index (κ3) is 3.37. The van der Waals surface area contributed by atoms with E-state index >= 15 is 0 Å². The first kappa shape index (κ1) is 13.2. The van der Waals surface area contributed by atoms with Gasteiger partial charge in [0, 0.05) is 11.5 Å². The van der Waals surface area contributed by atoms with E-state index in [-0.39, 0.29) is 24.2 Å². The van der Waals surface area contributed by atoms with Crippen LogP contribution in [-0.4, -0.2) is 16.0 Å². The van der Waals surface area contributed by atoms with Crippen molar-refractivity contribution in [2.45, 2.75) is 20.4 Å². The molecular weight excluding hydrogens is 249 g/mol. The molecule has 0 radical (unpaired) electrons. The summed E-state index contributed by atoms with van der Waals surface area (Å²) in [6, 6.07) is 5.75. The van der Waals surface area contributed by atoms with Crippen molar-refractivity contribution in [1.82, 2.24) is 15.5 Å². The minimum Gasteiger partial charge on any atom is -0.348 e. The SMILES string of the molecule is CC(C)C(=O)NCc1noc(-c2ccc(F)cc2)n1. The number of halogens is 1. The smallest absolute Gasteiger partial charge is 0.257 e. The summed E-state index contributed by atoms with van der Waals surface area (Å²) in [4.78, 5) is 15.5. The van der Waals surface area contributed by atoms with E-state index in [4.69, 9.17) is 4.52 Å². The number of aromatic nitrogens is 2. The lowest BCUT2D eigenvalue weighted by Crippen LogP contribution is -2.27. The fourth-order valence-electron chi connectivity index (χ4n) is 1.41. The largest absolute Gasteiger partial charge is 0.348 e. The lowest BCUT2D eigenvalue weighted by molar-refractivity contribution is -0.124. The number of benzene rings is 1. The van der Waals surface area contributed by atoms with Crippen molar-refractivity contribution in [3.05, 3.63) is 35.9 Å². The van der Waals surface area contributed by atoms with Crippen molar-refractivity contribution in [3.63, 3.8) is 0 Å². The van der Waals surface area contributed by atoms with Crippen molar-refractivity contribution in [3.8, 4) is 11.5 Å². The lowest BCUT2D eigenvalue weighted by Gasteiger charge is -2.03. The van der Waals surface area contributed by atoms with Gasteiger partial charge in [0.05, 0.1) is 6.54 Å². The van der Waals surface area contributed by atoms with Crippen LogP contribution in [-0.2, 0) is 11.3 Å². The molecule has 0 aliphatic carbocycles. The van der Waals surface area contributed by atoms with Crippen LogP contribution < -0.4 is 5.32 Å². The quantitative estimate of drug-likeness (QED) is 0.917. The first-order chi connectivity index (χ1) is 9.06. The summed E-state index contributed by atoms with van der Waals surface area (Å²) < 4.78 is 17.8. The van der Waals surface area contributed by atoms with E-state index in [2.05, 4.69) is 15.5 Å². The molecule has 0 aliphatic rings. The summed E-state index contributed by atoms with van der Waals surface area (Å²) in [5.74, 6) is 0.186. The fourth-order valence-corrected chi connectivity index (χ4v) is 1.41. The molecule has 0 saturated heterocycles. The second-order valence-corrected chi connectivity index (χ2v) is 4.40. The van der Waals surface area contributed by atoms with Crippen LogP contribution in [0.25, 0.3) is 11.5 Å². The normalized spacial score (nSPS) is 10.7. The van der Waals surface area contributed by atoms with E-state index < -0.39 is 0 Å². The summed E-state index contributed by atoms with van der Waals surface area (Å²) in [5.41, 5.74) is 0.635. The second-order valence-electron chi connectivity index (χ2n) is 4.40. The van der Waals surface area contributed by atoms with Gasteiger partial charge in [0.1, 0.15) is 5.82 Å². The number of carbonyl (C=O) groups is 1. The Balaban J connectivity index is 2.03. The zero-order valence-corrected chi connectivity index (χ0v) is 10.7. The van der Waals surface area contributed by atoms with Gasteiger partial charge in [-0.15, -0.1) is 0 Å². The van der Waals surface area contributed by atoms with Crippen LogP contribution in [0.1, 0.15) is 19.7 Å². The van der Waals surface area contributed by atoms with E-state index in [0.29, 0.717) is 17.3 Å². The average Bonchev–Trinajstić information content (AvgIpc) is 2.85.